The second-order valence-corrected chi connectivity index (χ2v) is 5.94. The highest BCUT2D eigenvalue weighted by atomic mass is 35.5. The van der Waals surface area contributed by atoms with Crippen LogP contribution in [0.25, 0.3) is 0 Å². The van der Waals surface area contributed by atoms with E-state index in [9.17, 15) is 14.9 Å². The van der Waals surface area contributed by atoms with Crippen molar-refractivity contribution in [1.82, 2.24) is 10.6 Å². The fraction of sp³-hybridized carbons (Fsp3) is 0.278. The Labute approximate surface area is 152 Å². The molecule has 0 saturated carbocycles. The number of carbonyl (C=O) groups excluding carboxylic acids is 1. The Bertz CT molecular complexity index is 795. The van der Waals surface area contributed by atoms with Crippen molar-refractivity contribution in [2.75, 3.05) is 0 Å². The predicted octanol–water partition coefficient (Wildman–Crippen LogP) is 2.66. The summed E-state index contributed by atoms with van der Waals surface area (Å²) in [5.41, 5.74) is 3.82. The summed E-state index contributed by atoms with van der Waals surface area (Å²) in [4.78, 5) is 23.0. The van der Waals surface area contributed by atoms with Crippen molar-refractivity contribution in [3.63, 3.8) is 0 Å². The molecule has 2 aromatic rings. The number of amides is 1. The van der Waals surface area contributed by atoms with E-state index >= 15 is 0 Å². The van der Waals surface area contributed by atoms with Gasteiger partial charge in [-0.15, -0.1) is 12.4 Å². The van der Waals surface area contributed by atoms with Crippen LogP contribution < -0.4 is 10.6 Å². The van der Waals surface area contributed by atoms with Gasteiger partial charge in [0.2, 0.25) is 5.91 Å². The molecule has 1 heterocycles. The third-order valence-corrected chi connectivity index (χ3v) is 4.46. The highest BCUT2D eigenvalue weighted by Crippen LogP contribution is 2.21. The van der Waals surface area contributed by atoms with Gasteiger partial charge in [0.05, 0.1) is 11.0 Å². The van der Waals surface area contributed by atoms with Crippen LogP contribution in [0.4, 0.5) is 5.69 Å². The molecule has 2 aromatic carbocycles. The Morgan fingerprint density at radius 1 is 1.24 bits per heavy atom. The molecule has 3 rings (SSSR count). The summed E-state index contributed by atoms with van der Waals surface area (Å²) < 4.78 is 0. The molecule has 1 aliphatic rings. The van der Waals surface area contributed by atoms with Crippen molar-refractivity contribution in [1.29, 1.82) is 0 Å². The van der Waals surface area contributed by atoms with Gasteiger partial charge in [-0.1, -0.05) is 36.4 Å². The molecule has 0 aromatic heterocycles. The lowest BCUT2D eigenvalue weighted by atomic mass is 9.95. The average molecular weight is 362 g/mol. The molecule has 0 bridgehead atoms. The van der Waals surface area contributed by atoms with Gasteiger partial charge in [-0.25, -0.2) is 0 Å². The minimum Gasteiger partial charge on any atom is -0.351 e. The first-order valence-electron chi connectivity index (χ1n) is 7.87. The molecule has 0 saturated heterocycles. The van der Waals surface area contributed by atoms with Crippen molar-refractivity contribution in [2.24, 2.45) is 0 Å². The van der Waals surface area contributed by atoms with Crippen molar-refractivity contribution in [3.8, 4) is 0 Å². The maximum atomic E-state index is 12.4. The zero-order valence-electron chi connectivity index (χ0n) is 13.8. The number of carbonyl (C=O) groups is 1. The summed E-state index contributed by atoms with van der Waals surface area (Å²) in [5, 5.41) is 17.1. The third-order valence-electron chi connectivity index (χ3n) is 4.46. The molecule has 0 fully saturated rings. The van der Waals surface area contributed by atoms with Gasteiger partial charge in [0.1, 0.15) is 0 Å². The molecule has 0 spiro atoms. The molecule has 6 nitrogen and oxygen atoms in total. The summed E-state index contributed by atoms with van der Waals surface area (Å²) in [5.74, 6) is -0.0876. The fourth-order valence-corrected chi connectivity index (χ4v) is 3.00. The molecule has 0 radical (unpaired) electrons. The number of rotatable bonds is 4. The number of hydrogen-bond acceptors (Lipinski definition) is 4. The van der Waals surface area contributed by atoms with E-state index in [0.29, 0.717) is 18.5 Å². The number of nitrogens with one attached hydrogen (secondary N) is 2. The highest BCUT2D eigenvalue weighted by Gasteiger charge is 2.24. The molecule has 7 heteroatoms. The van der Waals surface area contributed by atoms with Crippen LogP contribution in [0.2, 0.25) is 0 Å². The minimum absolute atomic E-state index is 0. The largest absolute Gasteiger partial charge is 0.351 e. The van der Waals surface area contributed by atoms with E-state index in [0.717, 1.165) is 5.56 Å². The molecular weight excluding hydrogens is 342 g/mol. The Morgan fingerprint density at radius 2 is 1.96 bits per heavy atom. The summed E-state index contributed by atoms with van der Waals surface area (Å²) in [6.45, 7) is 2.66. The second kappa shape index (κ2) is 8.09. The third kappa shape index (κ3) is 4.15. The van der Waals surface area contributed by atoms with Crippen molar-refractivity contribution >= 4 is 24.0 Å². The van der Waals surface area contributed by atoms with Gasteiger partial charge in [-0.05, 0) is 30.0 Å². The van der Waals surface area contributed by atoms with E-state index in [1.807, 2.05) is 18.2 Å². The van der Waals surface area contributed by atoms with Gasteiger partial charge in [0.25, 0.3) is 5.69 Å². The lowest BCUT2D eigenvalue weighted by Crippen LogP contribution is -2.47. The Hall–Kier alpha value is -2.44. The van der Waals surface area contributed by atoms with Crippen LogP contribution in [-0.4, -0.2) is 16.9 Å². The SMILES string of the molecule is Cc1c(CNC(=O)C2Cc3ccccc3CN2)cccc1[N+](=O)[O-].Cl. The first kappa shape index (κ1) is 18.9. The molecule has 1 amide bonds. The number of nitrogens with zero attached hydrogens (tertiary/aromatic N) is 1. The maximum Gasteiger partial charge on any atom is 0.272 e. The van der Waals surface area contributed by atoms with Crippen LogP contribution >= 0.6 is 12.4 Å². The van der Waals surface area contributed by atoms with Crippen LogP contribution in [0.1, 0.15) is 22.3 Å². The standard InChI is InChI=1S/C18H19N3O3.ClH/c1-12-14(7-4-8-17(12)21(23)24)10-20-18(22)16-9-13-5-2-3-6-15(13)11-19-16;/h2-8,16,19H,9-11H2,1H3,(H,20,22);1H. The van der Waals surface area contributed by atoms with Crippen LogP contribution in [0.5, 0.6) is 0 Å². The van der Waals surface area contributed by atoms with E-state index in [4.69, 9.17) is 0 Å². The highest BCUT2D eigenvalue weighted by molar-refractivity contribution is 5.85. The van der Waals surface area contributed by atoms with Gasteiger partial charge >= 0.3 is 0 Å². The number of nitro groups is 1. The van der Waals surface area contributed by atoms with Gasteiger partial charge < -0.3 is 10.6 Å². The first-order valence-corrected chi connectivity index (χ1v) is 7.87. The second-order valence-electron chi connectivity index (χ2n) is 5.94. The van der Waals surface area contributed by atoms with E-state index in [2.05, 4.69) is 16.7 Å². The topological polar surface area (TPSA) is 84.3 Å². The Morgan fingerprint density at radius 3 is 2.68 bits per heavy atom. The van der Waals surface area contributed by atoms with Gasteiger partial charge in [-0.2, -0.15) is 0 Å². The average Bonchev–Trinajstić information content (AvgIpc) is 2.60. The number of nitro benzene ring substituents is 1. The monoisotopic (exact) mass is 361 g/mol. The zero-order valence-corrected chi connectivity index (χ0v) is 14.6. The zero-order chi connectivity index (χ0) is 17.1. The smallest absolute Gasteiger partial charge is 0.272 e. The molecule has 1 aliphatic heterocycles. The van der Waals surface area contributed by atoms with Crippen molar-refractivity contribution < 1.29 is 9.72 Å². The summed E-state index contributed by atoms with van der Waals surface area (Å²) in [7, 11) is 0. The quantitative estimate of drug-likeness (QED) is 0.647. The van der Waals surface area contributed by atoms with E-state index in [1.165, 1.54) is 17.2 Å². The van der Waals surface area contributed by atoms with Gasteiger partial charge in [-0.3, -0.25) is 14.9 Å². The summed E-state index contributed by atoms with van der Waals surface area (Å²) >= 11 is 0. The number of fused-ring (bicyclic) bond motifs is 1. The minimum atomic E-state index is -0.403. The molecule has 25 heavy (non-hydrogen) atoms. The van der Waals surface area contributed by atoms with Crippen LogP contribution in [0.3, 0.4) is 0 Å². The van der Waals surface area contributed by atoms with Gasteiger partial charge in [0, 0.05) is 24.7 Å². The Kier molecular flexibility index (Phi) is 6.12. The molecule has 0 aliphatic carbocycles. The lowest BCUT2D eigenvalue weighted by Gasteiger charge is -2.25. The predicted molar refractivity (Wildman–Crippen MR) is 97.7 cm³/mol. The molecule has 132 valence electrons. The Balaban J connectivity index is 0.00000225. The van der Waals surface area contributed by atoms with E-state index < -0.39 is 4.92 Å². The van der Waals surface area contributed by atoms with Gasteiger partial charge in [0.15, 0.2) is 0 Å². The van der Waals surface area contributed by atoms with Crippen LogP contribution in [-0.2, 0) is 24.3 Å². The van der Waals surface area contributed by atoms with Crippen molar-refractivity contribution in [3.05, 3.63) is 74.8 Å². The molecule has 2 N–H and O–H groups in total. The maximum absolute atomic E-state index is 12.4. The van der Waals surface area contributed by atoms with E-state index in [-0.39, 0.29) is 36.6 Å². The normalized spacial score (nSPS) is 15.6. The molecular formula is C18H20ClN3O3. The lowest BCUT2D eigenvalue weighted by molar-refractivity contribution is -0.385. The van der Waals surface area contributed by atoms with Crippen molar-refractivity contribution in [2.45, 2.75) is 32.5 Å². The molecule has 1 atom stereocenters. The fourth-order valence-electron chi connectivity index (χ4n) is 3.00. The van der Waals surface area contributed by atoms with E-state index in [1.54, 1.807) is 19.1 Å². The number of halogens is 1. The summed E-state index contributed by atoms with van der Waals surface area (Å²) in [6, 6.07) is 12.7. The number of benzene rings is 2. The molecule has 1 unspecified atom stereocenters. The van der Waals surface area contributed by atoms with Crippen LogP contribution in [0, 0.1) is 17.0 Å². The first-order chi connectivity index (χ1) is 11.6. The van der Waals surface area contributed by atoms with Crippen LogP contribution in [0.15, 0.2) is 42.5 Å². The summed E-state index contributed by atoms with van der Waals surface area (Å²) in [6.07, 6.45) is 0.649. The number of hydrogen-bond donors (Lipinski definition) is 2.